The monoisotopic (exact) mass is 388 g/mol. The van der Waals surface area contributed by atoms with Crippen LogP contribution in [0, 0.1) is 13.8 Å². The summed E-state index contributed by atoms with van der Waals surface area (Å²) in [5, 5.41) is 0. The fourth-order valence-electron chi connectivity index (χ4n) is 3.20. The maximum atomic E-state index is 13.4. The average Bonchev–Trinajstić information content (AvgIpc) is 2.72. The highest BCUT2D eigenvalue weighted by atomic mass is 16.5. The summed E-state index contributed by atoms with van der Waals surface area (Å²) in [6.45, 7) is 6.41. The van der Waals surface area contributed by atoms with Gasteiger partial charge in [0, 0.05) is 23.6 Å². The molecule has 3 rings (SSSR count). The maximum absolute atomic E-state index is 13.4. The molecule has 0 saturated carbocycles. The van der Waals surface area contributed by atoms with E-state index in [2.05, 4.69) is 4.98 Å². The minimum atomic E-state index is -0.376. The molecule has 1 amide bonds. The number of benzene rings is 2. The lowest BCUT2D eigenvalue weighted by molar-refractivity contribution is 0.0526. The van der Waals surface area contributed by atoms with Crippen molar-refractivity contribution in [3.63, 3.8) is 0 Å². The smallest absolute Gasteiger partial charge is 0.338 e. The number of hydrogen-bond donors (Lipinski definition) is 0. The van der Waals surface area contributed by atoms with Gasteiger partial charge < -0.3 is 9.64 Å². The molecule has 0 bridgehead atoms. The number of carbonyl (C=O) groups excluding carboxylic acids is 2. The van der Waals surface area contributed by atoms with Crippen molar-refractivity contribution in [2.45, 2.75) is 27.3 Å². The molecule has 148 valence electrons. The molecule has 1 heterocycles. The third kappa shape index (κ3) is 5.08. The van der Waals surface area contributed by atoms with Gasteiger partial charge in [0.2, 0.25) is 0 Å². The summed E-state index contributed by atoms with van der Waals surface area (Å²) in [6, 6.07) is 16.5. The second kappa shape index (κ2) is 9.15. The molecule has 0 saturated heterocycles. The molecule has 5 heteroatoms. The number of nitrogens with zero attached hydrogens (tertiary/aromatic N) is 2. The molecule has 0 N–H and O–H groups in total. The van der Waals surface area contributed by atoms with Gasteiger partial charge in [0.05, 0.1) is 18.7 Å². The summed E-state index contributed by atoms with van der Waals surface area (Å²) in [7, 11) is 0. The SMILES string of the molecule is CCOC(=O)c1ccc(N(Cc2cccnc2)C(=O)c2cc(C)cc(C)c2)cc1. The van der Waals surface area contributed by atoms with E-state index >= 15 is 0 Å². The van der Waals surface area contributed by atoms with Gasteiger partial charge in [-0.1, -0.05) is 23.3 Å². The maximum Gasteiger partial charge on any atom is 0.338 e. The molecule has 29 heavy (non-hydrogen) atoms. The van der Waals surface area contributed by atoms with Crippen molar-refractivity contribution in [2.75, 3.05) is 11.5 Å². The molecule has 0 atom stereocenters. The first kappa shape index (κ1) is 20.3. The minimum absolute atomic E-state index is 0.107. The van der Waals surface area contributed by atoms with E-state index in [1.165, 1.54) is 0 Å². The number of hydrogen-bond acceptors (Lipinski definition) is 4. The van der Waals surface area contributed by atoms with E-state index in [0.717, 1.165) is 16.7 Å². The van der Waals surface area contributed by atoms with E-state index in [4.69, 9.17) is 4.74 Å². The van der Waals surface area contributed by atoms with E-state index in [0.29, 0.717) is 30.0 Å². The second-order valence-corrected chi connectivity index (χ2v) is 6.90. The molecule has 0 spiro atoms. The van der Waals surface area contributed by atoms with Crippen molar-refractivity contribution in [1.82, 2.24) is 4.98 Å². The van der Waals surface area contributed by atoms with Gasteiger partial charge in [-0.3, -0.25) is 9.78 Å². The molecule has 1 aromatic heterocycles. The van der Waals surface area contributed by atoms with Gasteiger partial charge in [-0.05, 0) is 68.8 Å². The summed E-state index contributed by atoms with van der Waals surface area (Å²) < 4.78 is 5.04. The predicted octanol–water partition coefficient (Wildman–Crippen LogP) is 4.72. The Kier molecular flexibility index (Phi) is 6.39. The molecule has 0 aliphatic heterocycles. The van der Waals surface area contributed by atoms with Gasteiger partial charge in [-0.25, -0.2) is 4.79 Å². The molecule has 0 aliphatic rings. The van der Waals surface area contributed by atoms with Crippen molar-refractivity contribution in [1.29, 1.82) is 0 Å². The van der Waals surface area contributed by atoms with Crippen LogP contribution in [0.3, 0.4) is 0 Å². The molecule has 0 radical (unpaired) electrons. The Bertz CT molecular complexity index is 978. The van der Waals surface area contributed by atoms with Crippen LogP contribution in [0.5, 0.6) is 0 Å². The van der Waals surface area contributed by atoms with Crippen LogP contribution in [0.2, 0.25) is 0 Å². The number of pyridine rings is 1. The van der Waals surface area contributed by atoms with Crippen molar-refractivity contribution in [3.8, 4) is 0 Å². The van der Waals surface area contributed by atoms with E-state index in [-0.39, 0.29) is 11.9 Å². The minimum Gasteiger partial charge on any atom is -0.462 e. The summed E-state index contributed by atoms with van der Waals surface area (Å²) in [4.78, 5) is 31.2. The van der Waals surface area contributed by atoms with E-state index in [1.54, 1.807) is 48.5 Å². The highest BCUT2D eigenvalue weighted by molar-refractivity contribution is 6.06. The highest BCUT2D eigenvalue weighted by Crippen LogP contribution is 2.22. The Labute approximate surface area is 171 Å². The molecular formula is C24H24N2O3. The standard InChI is InChI=1S/C24H24N2O3/c1-4-29-24(28)20-7-9-22(10-8-20)26(16-19-6-5-11-25-15-19)23(27)21-13-17(2)12-18(3)14-21/h5-15H,4,16H2,1-3H3. The van der Waals surface area contributed by atoms with Gasteiger partial charge in [-0.15, -0.1) is 0 Å². The van der Waals surface area contributed by atoms with Crippen LogP contribution in [-0.4, -0.2) is 23.5 Å². The Balaban J connectivity index is 1.96. The van der Waals surface area contributed by atoms with Crippen LogP contribution in [0.4, 0.5) is 5.69 Å². The van der Waals surface area contributed by atoms with Gasteiger partial charge in [0.1, 0.15) is 0 Å². The van der Waals surface area contributed by atoms with Crippen LogP contribution in [0.15, 0.2) is 67.0 Å². The molecule has 0 aliphatic carbocycles. The zero-order valence-electron chi connectivity index (χ0n) is 16.9. The van der Waals surface area contributed by atoms with Crippen LogP contribution in [0.25, 0.3) is 0 Å². The quantitative estimate of drug-likeness (QED) is 0.573. The van der Waals surface area contributed by atoms with Crippen LogP contribution in [0.1, 0.15) is 44.3 Å². The van der Waals surface area contributed by atoms with Gasteiger partial charge >= 0.3 is 5.97 Å². The zero-order chi connectivity index (χ0) is 20.8. The Hall–Kier alpha value is -3.47. The number of esters is 1. The Morgan fingerprint density at radius 1 is 0.966 bits per heavy atom. The van der Waals surface area contributed by atoms with Crippen molar-refractivity contribution < 1.29 is 14.3 Å². The van der Waals surface area contributed by atoms with Crippen molar-refractivity contribution >= 4 is 17.6 Å². The number of aryl methyl sites for hydroxylation is 2. The molecule has 0 fully saturated rings. The molecular weight excluding hydrogens is 364 g/mol. The summed E-state index contributed by atoms with van der Waals surface area (Å²) in [6.07, 6.45) is 3.45. The molecule has 0 unspecified atom stereocenters. The van der Waals surface area contributed by atoms with E-state index < -0.39 is 0 Å². The lowest BCUT2D eigenvalue weighted by Gasteiger charge is -2.24. The summed E-state index contributed by atoms with van der Waals surface area (Å²) in [5.74, 6) is -0.483. The predicted molar refractivity (Wildman–Crippen MR) is 113 cm³/mol. The number of anilines is 1. The Morgan fingerprint density at radius 2 is 1.66 bits per heavy atom. The first-order valence-electron chi connectivity index (χ1n) is 9.54. The first-order valence-corrected chi connectivity index (χ1v) is 9.54. The topological polar surface area (TPSA) is 59.5 Å². The Morgan fingerprint density at radius 3 is 2.24 bits per heavy atom. The summed E-state index contributed by atoms with van der Waals surface area (Å²) in [5.41, 5.74) is 4.77. The highest BCUT2D eigenvalue weighted by Gasteiger charge is 2.19. The largest absolute Gasteiger partial charge is 0.462 e. The van der Waals surface area contributed by atoms with Gasteiger partial charge in [0.15, 0.2) is 0 Å². The lowest BCUT2D eigenvalue weighted by Crippen LogP contribution is -2.30. The zero-order valence-corrected chi connectivity index (χ0v) is 16.9. The third-order valence-electron chi connectivity index (χ3n) is 4.47. The van der Waals surface area contributed by atoms with Gasteiger partial charge in [-0.2, -0.15) is 0 Å². The van der Waals surface area contributed by atoms with Crippen LogP contribution >= 0.6 is 0 Å². The first-order chi connectivity index (χ1) is 14.0. The normalized spacial score (nSPS) is 10.4. The molecule has 3 aromatic rings. The molecule has 2 aromatic carbocycles. The average molecular weight is 388 g/mol. The fourth-order valence-corrected chi connectivity index (χ4v) is 3.20. The lowest BCUT2D eigenvalue weighted by atomic mass is 10.1. The van der Waals surface area contributed by atoms with E-state index in [1.807, 2.05) is 44.2 Å². The van der Waals surface area contributed by atoms with Crippen molar-refractivity contribution in [3.05, 3.63) is 94.8 Å². The van der Waals surface area contributed by atoms with E-state index in [9.17, 15) is 9.59 Å². The van der Waals surface area contributed by atoms with Gasteiger partial charge in [0.25, 0.3) is 5.91 Å². The number of aromatic nitrogens is 1. The fraction of sp³-hybridized carbons (Fsp3) is 0.208. The second-order valence-electron chi connectivity index (χ2n) is 6.90. The summed E-state index contributed by atoms with van der Waals surface area (Å²) >= 11 is 0. The third-order valence-corrected chi connectivity index (χ3v) is 4.47. The number of ether oxygens (including phenoxy) is 1. The number of amides is 1. The van der Waals surface area contributed by atoms with Crippen molar-refractivity contribution in [2.24, 2.45) is 0 Å². The van der Waals surface area contributed by atoms with Crippen LogP contribution in [-0.2, 0) is 11.3 Å². The molecule has 5 nitrogen and oxygen atoms in total. The number of carbonyl (C=O) groups is 2. The van der Waals surface area contributed by atoms with Crippen LogP contribution < -0.4 is 4.90 Å². The number of rotatable bonds is 6.